The number of esters is 3. The van der Waals surface area contributed by atoms with Crippen LogP contribution in [0, 0.1) is 17.8 Å². The molecule has 2 heterocycles. The molecule has 0 aromatic carbocycles. The molecule has 2 saturated heterocycles. The predicted octanol–water partition coefficient (Wildman–Crippen LogP) is 2.79. The second kappa shape index (κ2) is 12.0. The zero-order valence-corrected chi connectivity index (χ0v) is 20.8. The summed E-state index contributed by atoms with van der Waals surface area (Å²) in [4.78, 5) is 39.4. The van der Waals surface area contributed by atoms with E-state index >= 15 is 0 Å². The van der Waals surface area contributed by atoms with Crippen LogP contribution < -0.4 is 0 Å². The summed E-state index contributed by atoms with van der Waals surface area (Å²) >= 11 is 0. The Bertz CT molecular complexity index is 812. The van der Waals surface area contributed by atoms with Crippen molar-refractivity contribution in [2.45, 2.75) is 78.1 Å². The first-order valence-electron chi connectivity index (χ1n) is 12.5. The highest BCUT2D eigenvalue weighted by Gasteiger charge is 2.51. The van der Waals surface area contributed by atoms with Gasteiger partial charge in [-0.25, -0.2) is 0 Å². The van der Waals surface area contributed by atoms with Crippen molar-refractivity contribution in [1.82, 2.24) is 4.90 Å². The van der Waals surface area contributed by atoms with Crippen LogP contribution in [0.5, 0.6) is 0 Å². The van der Waals surface area contributed by atoms with E-state index in [2.05, 4.69) is 4.90 Å². The first-order chi connectivity index (χ1) is 16.2. The monoisotopic (exact) mass is 477 g/mol. The number of hydrogen-bond donors (Lipinski definition) is 1. The second-order valence-corrected chi connectivity index (χ2v) is 10.1. The van der Waals surface area contributed by atoms with E-state index in [1.807, 2.05) is 19.1 Å². The summed E-state index contributed by atoms with van der Waals surface area (Å²) in [6, 6.07) is 0. The molecule has 5 atom stereocenters. The van der Waals surface area contributed by atoms with E-state index < -0.39 is 36.1 Å². The molecule has 2 fully saturated rings. The van der Waals surface area contributed by atoms with Crippen molar-refractivity contribution in [3.8, 4) is 0 Å². The maximum atomic E-state index is 13.0. The van der Waals surface area contributed by atoms with Gasteiger partial charge < -0.3 is 24.2 Å². The van der Waals surface area contributed by atoms with Gasteiger partial charge in [0.05, 0.1) is 11.8 Å². The van der Waals surface area contributed by atoms with Crippen LogP contribution >= 0.6 is 0 Å². The van der Waals surface area contributed by atoms with Crippen LogP contribution in [-0.4, -0.2) is 72.5 Å². The lowest BCUT2D eigenvalue weighted by molar-refractivity contribution is -0.154. The molecule has 8 nitrogen and oxygen atoms in total. The van der Waals surface area contributed by atoms with Crippen LogP contribution in [0.3, 0.4) is 0 Å². The molecule has 0 bridgehead atoms. The summed E-state index contributed by atoms with van der Waals surface area (Å²) in [5, 5.41) is 11.6. The molecule has 34 heavy (non-hydrogen) atoms. The standard InChI is InChI=1S/C26H39NO7/c1-16(2)25(30)32-15-19-10-8-9-17(3)13-21-22(23(29)24(19)33-18(4)28)20(26(31)34-21)14-27-11-6-5-7-12-27/h10,13,16,20-24,29H,5-9,11-12,14-15H2,1-4H3. The highest BCUT2D eigenvalue weighted by atomic mass is 16.6. The third kappa shape index (κ3) is 6.69. The van der Waals surface area contributed by atoms with E-state index in [9.17, 15) is 19.5 Å². The van der Waals surface area contributed by atoms with Gasteiger partial charge in [-0.2, -0.15) is 0 Å². The Labute approximate surface area is 202 Å². The number of hydrogen-bond acceptors (Lipinski definition) is 8. The van der Waals surface area contributed by atoms with Gasteiger partial charge in [0, 0.05) is 25.0 Å². The largest absolute Gasteiger partial charge is 0.461 e. The summed E-state index contributed by atoms with van der Waals surface area (Å²) in [5.41, 5.74) is 1.58. The summed E-state index contributed by atoms with van der Waals surface area (Å²) in [7, 11) is 0. The number of aliphatic hydroxyl groups is 1. The zero-order chi connectivity index (χ0) is 24.8. The third-order valence-electron chi connectivity index (χ3n) is 6.91. The quantitative estimate of drug-likeness (QED) is 0.354. The number of nitrogens with zero attached hydrogens (tertiary/aromatic N) is 1. The molecule has 2 aliphatic heterocycles. The van der Waals surface area contributed by atoms with E-state index in [0.29, 0.717) is 25.0 Å². The van der Waals surface area contributed by atoms with Crippen LogP contribution in [0.4, 0.5) is 0 Å². The lowest BCUT2D eigenvalue weighted by atomic mass is 9.79. The first-order valence-corrected chi connectivity index (χ1v) is 12.5. The lowest BCUT2D eigenvalue weighted by Gasteiger charge is -2.35. The number of ether oxygens (including phenoxy) is 3. The molecule has 3 rings (SSSR count). The third-order valence-corrected chi connectivity index (χ3v) is 6.91. The maximum absolute atomic E-state index is 13.0. The van der Waals surface area contributed by atoms with Crippen molar-refractivity contribution >= 4 is 17.9 Å². The Morgan fingerprint density at radius 3 is 2.59 bits per heavy atom. The highest BCUT2D eigenvalue weighted by molar-refractivity contribution is 5.76. The number of allylic oxidation sites excluding steroid dienone is 2. The van der Waals surface area contributed by atoms with Gasteiger partial charge in [0.15, 0.2) is 6.10 Å². The minimum absolute atomic E-state index is 0.0856. The van der Waals surface area contributed by atoms with Crippen molar-refractivity contribution in [2.24, 2.45) is 17.8 Å². The topological polar surface area (TPSA) is 102 Å². The Balaban J connectivity index is 1.93. The van der Waals surface area contributed by atoms with Crippen LogP contribution in [0.2, 0.25) is 0 Å². The van der Waals surface area contributed by atoms with E-state index in [1.54, 1.807) is 13.8 Å². The predicted molar refractivity (Wildman–Crippen MR) is 126 cm³/mol. The molecule has 3 aliphatic rings. The lowest BCUT2D eigenvalue weighted by Crippen LogP contribution is -2.47. The number of carbonyl (C=O) groups is 3. The molecule has 0 saturated carbocycles. The number of likely N-dealkylation sites (tertiary alicyclic amines) is 1. The fourth-order valence-electron chi connectivity index (χ4n) is 5.05. The first kappa shape index (κ1) is 26.4. The molecule has 190 valence electrons. The molecule has 5 unspecified atom stereocenters. The Hall–Kier alpha value is -2.19. The maximum Gasteiger partial charge on any atom is 0.311 e. The van der Waals surface area contributed by atoms with Gasteiger partial charge in [0.1, 0.15) is 18.8 Å². The normalized spacial score (nSPS) is 30.6. The van der Waals surface area contributed by atoms with Gasteiger partial charge in [0.2, 0.25) is 0 Å². The number of fused-ring (bicyclic) bond motifs is 1. The molecular weight excluding hydrogens is 438 g/mol. The van der Waals surface area contributed by atoms with E-state index in [1.165, 1.54) is 13.3 Å². The zero-order valence-electron chi connectivity index (χ0n) is 20.8. The Morgan fingerprint density at radius 2 is 1.94 bits per heavy atom. The average molecular weight is 478 g/mol. The number of rotatable bonds is 6. The van der Waals surface area contributed by atoms with Gasteiger partial charge in [0.25, 0.3) is 0 Å². The summed E-state index contributed by atoms with van der Waals surface area (Å²) in [6.07, 6.45) is 5.64. The number of carbonyl (C=O) groups excluding carboxylic acids is 3. The van der Waals surface area contributed by atoms with Crippen molar-refractivity contribution in [1.29, 1.82) is 0 Å². The fraction of sp³-hybridized carbons (Fsp3) is 0.731. The van der Waals surface area contributed by atoms with Gasteiger partial charge in [-0.1, -0.05) is 31.9 Å². The number of piperidine rings is 1. The summed E-state index contributed by atoms with van der Waals surface area (Å²) < 4.78 is 16.8. The minimum atomic E-state index is -1.19. The fourth-order valence-corrected chi connectivity index (χ4v) is 5.05. The minimum Gasteiger partial charge on any atom is -0.461 e. The molecule has 8 heteroatoms. The number of aliphatic hydroxyl groups excluding tert-OH is 1. The van der Waals surface area contributed by atoms with E-state index in [4.69, 9.17) is 14.2 Å². The Morgan fingerprint density at radius 1 is 1.24 bits per heavy atom. The summed E-state index contributed by atoms with van der Waals surface area (Å²) in [6.45, 7) is 8.99. The molecular formula is C26H39NO7. The van der Waals surface area contributed by atoms with Gasteiger partial charge in [-0.05, 0) is 51.8 Å². The molecule has 0 radical (unpaired) electrons. The smallest absolute Gasteiger partial charge is 0.311 e. The van der Waals surface area contributed by atoms with Crippen LogP contribution in [0.25, 0.3) is 0 Å². The van der Waals surface area contributed by atoms with Crippen LogP contribution in [0.1, 0.15) is 59.8 Å². The second-order valence-electron chi connectivity index (χ2n) is 10.1. The van der Waals surface area contributed by atoms with Crippen molar-refractivity contribution in [2.75, 3.05) is 26.2 Å². The van der Waals surface area contributed by atoms with Crippen molar-refractivity contribution < 1.29 is 33.7 Å². The molecule has 1 aliphatic carbocycles. The van der Waals surface area contributed by atoms with Gasteiger partial charge in [-0.15, -0.1) is 0 Å². The van der Waals surface area contributed by atoms with E-state index in [0.717, 1.165) is 31.5 Å². The van der Waals surface area contributed by atoms with Gasteiger partial charge in [-0.3, -0.25) is 14.4 Å². The van der Waals surface area contributed by atoms with Crippen molar-refractivity contribution in [3.05, 3.63) is 23.3 Å². The Kier molecular flexibility index (Phi) is 9.31. The molecule has 0 spiro atoms. The van der Waals surface area contributed by atoms with Crippen LogP contribution in [-0.2, 0) is 28.6 Å². The molecule has 1 N–H and O–H groups in total. The van der Waals surface area contributed by atoms with E-state index in [-0.39, 0.29) is 24.5 Å². The highest BCUT2D eigenvalue weighted by Crippen LogP contribution is 2.38. The van der Waals surface area contributed by atoms with Gasteiger partial charge >= 0.3 is 17.9 Å². The average Bonchev–Trinajstić information content (AvgIpc) is 3.08. The SMILES string of the molecule is CC(=O)OC1C(COC(=O)C(C)C)=CCCC(C)=CC2OC(=O)C(CN3CCCCC3)C2C1O. The summed E-state index contributed by atoms with van der Waals surface area (Å²) in [5.74, 6) is -2.69. The molecule has 0 aromatic heterocycles. The molecule has 0 amide bonds. The van der Waals surface area contributed by atoms with Crippen molar-refractivity contribution in [3.63, 3.8) is 0 Å². The molecule has 0 aromatic rings. The van der Waals surface area contributed by atoms with Crippen LogP contribution in [0.15, 0.2) is 23.3 Å².